The summed E-state index contributed by atoms with van der Waals surface area (Å²) in [5.41, 5.74) is 5.13. The fourth-order valence-corrected chi connectivity index (χ4v) is 2.12. The lowest BCUT2D eigenvalue weighted by molar-refractivity contribution is 0.402. The van der Waals surface area contributed by atoms with Gasteiger partial charge in [-0.05, 0) is 44.3 Å². The molecule has 1 N–H and O–H groups in total. The van der Waals surface area contributed by atoms with Crippen molar-refractivity contribution in [3.05, 3.63) is 65.2 Å². The van der Waals surface area contributed by atoms with E-state index in [0.29, 0.717) is 0 Å². The number of anilines is 1. The highest BCUT2D eigenvalue weighted by atomic mass is 15.0. The van der Waals surface area contributed by atoms with Crippen LogP contribution in [-0.4, -0.2) is 19.0 Å². The summed E-state index contributed by atoms with van der Waals surface area (Å²) in [6.45, 7) is 3.98. The molecule has 2 rings (SSSR count). The highest BCUT2D eigenvalue weighted by Gasteiger charge is 1.97. The van der Waals surface area contributed by atoms with Gasteiger partial charge in [-0.25, -0.2) is 0 Å². The monoisotopic (exact) mass is 254 g/mol. The molecule has 100 valence electrons. The van der Waals surface area contributed by atoms with Crippen LogP contribution in [0.5, 0.6) is 0 Å². The molecule has 0 aliphatic rings. The maximum atomic E-state index is 3.46. The summed E-state index contributed by atoms with van der Waals surface area (Å²) in [6.07, 6.45) is 0. The summed E-state index contributed by atoms with van der Waals surface area (Å²) in [7, 11) is 4.17. The van der Waals surface area contributed by atoms with Crippen molar-refractivity contribution in [2.75, 3.05) is 19.4 Å². The van der Waals surface area contributed by atoms with E-state index in [4.69, 9.17) is 0 Å². The first kappa shape index (κ1) is 13.6. The molecule has 2 aromatic carbocycles. The van der Waals surface area contributed by atoms with Crippen molar-refractivity contribution in [1.82, 2.24) is 4.90 Å². The van der Waals surface area contributed by atoms with Gasteiger partial charge < -0.3 is 10.2 Å². The van der Waals surface area contributed by atoms with Gasteiger partial charge in [0.2, 0.25) is 0 Å². The molecule has 0 aliphatic heterocycles. The molecule has 0 fully saturated rings. The molecule has 0 bridgehead atoms. The summed E-state index contributed by atoms with van der Waals surface area (Å²) < 4.78 is 0. The number of benzene rings is 2. The summed E-state index contributed by atoms with van der Waals surface area (Å²) in [6, 6.07) is 17.3. The minimum atomic E-state index is 0.870. The maximum Gasteiger partial charge on any atom is 0.0400 e. The normalized spacial score (nSPS) is 10.7. The fraction of sp³-hybridized carbons (Fsp3) is 0.294. The van der Waals surface area contributed by atoms with Crippen LogP contribution in [0.1, 0.15) is 16.7 Å². The van der Waals surface area contributed by atoms with E-state index in [2.05, 4.69) is 79.8 Å². The Bertz CT molecular complexity index is 515. The Morgan fingerprint density at radius 3 is 2.32 bits per heavy atom. The molecule has 19 heavy (non-hydrogen) atoms. The largest absolute Gasteiger partial charge is 0.381 e. The molecule has 2 nitrogen and oxygen atoms in total. The predicted molar refractivity (Wildman–Crippen MR) is 82.3 cm³/mol. The van der Waals surface area contributed by atoms with E-state index in [1.54, 1.807) is 0 Å². The maximum absolute atomic E-state index is 3.46. The average Bonchev–Trinajstić information content (AvgIpc) is 2.37. The molecule has 0 aromatic heterocycles. The van der Waals surface area contributed by atoms with Crippen molar-refractivity contribution in [2.24, 2.45) is 0 Å². The van der Waals surface area contributed by atoms with Crippen LogP contribution in [-0.2, 0) is 13.1 Å². The first-order valence-corrected chi connectivity index (χ1v) is 6.66. The summed E-state index contributed by atoms with van der Waals surface area (Å²) in [4.78, 5) is 2.18. The van der Waals surface area contributed by atoms with Crippen LogP contribution < -0.4 is 5.32 Å². The predicted octanol–water partition coefficient (Wildman–Crippen LogP) is 3.67. The molecule has 0 saturated carbocycles. The van der Waals surface area contributed by atoms with Crippen molar-refractivity contribution in [3.8, 4) is 0 Å². The highest BCUT2D eigenvalue weighted by Crippen LogP contribution is 2.12. The molecule has 0 unspecified atom stereocenters. The lowest BCUT2D eigenvalue weighted by atomic mass is 10.1. The third-order valence-electron chi connectivity index (χ3n) is 3.03. The van der Waals surface area contributed by atoms with Crippen LogP contribution >= 0.6 is 0 Å². The standard InChI is InChI=1S/C17H22N2/c1-14-5-4-6-16(11-14)12-18-17-9-7-15(8-10-17)13-19(2)3/h4-11,18H,12-13H2,1-3H3. The van der Waals surface area contributed by atoms with Crippen LogP contribution in [0.15, 0.2) is 48.5 Å². The Morgan fingerprint density at radius 2 is 1.68 bits per heavy atom. The molecule has 2 heteroatoms. The Kier molecular flexibility index (Phi) is 4.58. The van der Waals surface area contributed by atoms with Gasteiger partial charge in [-0.2, -0.15) is 0 Å². The molecule has 0 heterocycles. The smallest absolute Gasteiger partial charge is 0.0400 e. The zero-order valence-electron chi connectivity index (χ0n) is 12.0. The highest BCUT2D eigenvalue weighted by molar-refractivity contribution is 5.45. The molecule has 0 spiro atoms. The Morgan fingerprint density at radius 1 is 0.947 bits per heavy atom. The first-order valence-electron chi connectivity index (χ1n) is 6.66. The fourth-order valence-electron chi connectivity index (χ4n) is 2.12. The first-order chi connectivity index (χ1) is 9.13. The number of nitrogens with one attached hydrogen (secondary N) is 1. The molecule has 0 amide bonds. The van der Waals surface area contributed by atoms with Crippen LogP contribution in [0.25, 0.3) is 0 Å². The third kappa shape index (κ3) is 4.42. The van der Waals surface area contributed by atoms with Crippen molar-refractivity contribution in [2.45, 2.75) is 20.0 Å². The second-order valence-corrected chi connectivity index (χ2v) is 5.28. The van der Waals surface area contributed by atoms with Gasteiger partial charge in [-0.15, -0.1) is 0 Å². The summed E-state index contributed by atoms with van der Waals surface area (Å²) in [5, 5.41) is 3.46. The van der Waals surface area contributed by atoms with E-state index >= 15 is 0 Å². The van der Waals surface area contributed by atoms with E-state index < -0.39 is 0 Å². The van der Waals surface area contributed by atoms with Crippen LogP contribution in [0.2, 0.25) is 0 Å². The van der Waals surface area contributed by atoms with Crippen molar-refractivity contribution < 1.29 is 0 Å². The van der Waals surface area contributed by atoms with Gasteiger partial charge in [-0.3, -0.25) is 0 Å². The zero-order valence-corrected chi connectivity index (χ0v) is 12.0. The van der Waals surface area contributed by atoms with E-state index in [-0.39, 0.29) is 0 Å². The molecule has 0 saturated heterocycles. The second kappa shape index (κ2) is 6.39. The lowest BCUT2D eigenvalue weighted by Gasteiger charge is -2.11. The quantitative estimate of drug-likeness (QED) is 0.876. The SMILES string of the molecule is Cc1cccc(CNc2ccc(CN(C)C)cc2)c1. The molecular weight excluding hydrogens is 232 g/mol. The topological polar surface area (TPSA) is 15.3 Å². The van der Waals surface area contributed by atoms with Crippen molar-refractivity contribution >= 4 is 5.69 Å². The number of nitrogens with zero attached hydrogens (tertiary/aromatic N) is 1. The summed E-state index contributed by atoms with van der Waals surface area (Å²) >= 11 is 0. The molecule has 0 aliphatic carbocycles. The van der Waals surface area contributed by atoms with E-state index in [0.717, 1.165) is 13.1 Å². The Balaban J connectivity index is 1.93. The zero-order chi connectivity index (χ0) is 13.7. The number of aryl methyl sites for hydroxylation is 1. The van der Waals surface area contributed by atoms with Gasteiger partial charge in [0.05, 0.1) is 0 Å². The van der Waals surface area contributed by atoms with E-state index in [1.165, 1.54) is 22.4 Å². The molecule has 0 atom stereocenters. The Hall–Kier alpha value is -1.80. The molecule has 2 aromatic rings. The number of hydrogen-bond acceptors (Lipinski definition) is 2. The van der Waals surface area contributed by atoms with Gasteiger partial charge >= 0.3 is 0 Å². The van der Waals surface area contributed by atoms with E-state index in [9.17, 15) is 0 Å². The molecule has 0 radical (unpaired) electrons. The van der Waals surface area contributed by atoms with Crippen LogP contribution in [0.4, 0.5) is 5.69 Å². The van der Waals surface area contributed by atoms with Crippen LogP contribution in [0.3, 0.4) is 0 Å². The van der Waals surface area contributed by atoms with E-state index in [1.807, 2.05) is 0 Å². The van der Waals surface area contributed by atoms with Gasteiger partial charge in [0, 0.05) is 18.8 Å². The van der Waals surface area contributed by atoms with Gasteiger partial charge in [0.15, 0.2) is 0 Å². The molecular formula is C17H22N2. The van der Waals surface area contributed by atoms with Crippen molar-refractivity contribution in [1.29, 1.82) is 0 Å². The van der Waals surface area contributed by atoms with Gasteiger partial charge in [0.25, 0.3) is 0 Å². The minimum Gasteiger partial charge on any atom is -0.381 e. The third-order valence-corrected chi connectivity index (χ3v) is 3.03. The second-order valence-electron chi connectivity index (χ2n) is 5.28. The van der Waals surface area contributed by atoms with Gasteiger partial charge in [-0.1, -0.05) is 42.0 Å². The lowest BCUT2D eigenvalue weighted by Crippen LogP contribution is -2.10. The number of hydrogen-bond donors (Lipinski definition) is 1. The van der Waals surface area contributed by atoms with Crippen molar-refractivity contribution in [3.63, 3.8) is 0 Å². The Labute approximate surface area is 116 Å². The number of rotatable bonds is 5. The van der Waals surface area contributed by atoms with Crippen LogP contribution in [0, 0.1) is 6.92 Å². The van der Waals surface area contributed by atoms with Gasteiger partial charge in [0.1, 0.15) is 0 Å². The summed E-state index contributed by atoms with van der Waals surface area (Å²) in [5.74, 6) is 0. The minimum absolute atomic E-state index is 0.870. The average molecular weight is 254 g/mol.